The largest absolute Gasteiger partial charge is 0.497 e. The summed E-state index contributed by atoms with van der Waals surface area (Å²) in [7, 11) is 3.65. The van der Waals surface area contributed by atoms with Gasteiger partial charge in [0.05, 0.1) is 12.8 Å². The second-order valence-electron chi connectivity index (χ2n) is 3.75. The highest BCUT2D eigenvalue weighted by Gasteiger charge is 1.93. The third-order valence-electron chi connectivity index (χ3n) is 2.44. The predicted octanol–water partition coefficient (Wildman–Crippen LogP) is 2.27. The minimum atomic E-state index is 0.843. The lowest BCUT2D eigenvalue weighted by Gasteiger charge is -1.98. The van der Waals surface area contributed by atoms with Gasteiger partial charge in [-0.25, -0.2) is 4.57 Å². The zero-order valence-corrected chi connectivity index (χ0v) is 10.00. The van der Waals surface area contributed by atoms with Gasteiger partial charge >= 0.3 is 0 Å². The topological polar surface area (TPSA) is 25.5 Å². The molecule has 0 radical (unpaired) electrons. The van der Waals surface area contributed by atoms with Crippen molar-refractivity contribution in [2.75, 3.05) is 7.11 Å². The van der Waals surface area contributed by atoms with Crippen molar-refractivity contribution >= 4 is 11.9 Å². The van der Waals surface area contributed by atoms with Gasteiger partial charge in [-0.15, -0.1) is 0 Å². The van der Waals surface area contributed by atoms with Crippen molar-refractivity contribution in [3.63, 3.8) is 0 Å². The van der Waals surface area contributed by atoms with Crippen molar-refractivity contribution in [3.8, 4) is 5.75 Å². The number of nitrogens with zero attached hydrogens (tertiary/aromatic N) is 2. The molecule has 86 valence electrons. The molecule has 0 amide bonds. The Hall–Kier alpha value is -2.16. The van der Waals surface area contributed by atoms with E-state index < -0.39 is 0 Å². The fraction of sp³-hybridized carbons (Fsp3) is 0.143. The number of aliphatic imine (C=N–C) groups is 1. The molecule has 0 N–H and O–H groups in total. The number of aromatic nitrogens is 1. The molecule has 0 spiro atoms. The number of methoxy groups -OCH3 is 1. The second kappa shape index (κ2) is 5.25. The highest BCUT2D eigenvalue weighted by Crippen LogP contribution is 2.17. The second-order valence-corrected chi connectivity index (χ2v) is 3.75. The van der Waals surface area contributed by atoms with Gasteiger partial charge in [0.2, 0.25) is 0 Å². The number of benzene rings is 1. The molecule has 2 aromatic rings. The van der Waals surface area contributed by atoms with Crippen LogP contribution in [0.1, 0.15) is 5.56 Å². The molecule has 0 aliphatic rings. The van der Waals surface area contributed by atoms with E-state index in [4.69, 9.17) is 4.74 Å². The van der Waals surface area contributed by atoms with E-state index in [-0.39, 0.29) is 0 Å². The Labute approximate surface area is 101 Å². The molecule has 0 saturated heterocycles. The van der Waals surface area contributed by atoms with Gasteiger partial charge in [0.15, 0.2) is 12.4 Å². The van der Waals surface area contributed by atoms with Crippen LogP contribution in [0.2, 0.25) is 0 Å². The smallest absolute Gasteiger partial charge is 0.169 e. The van der Waals surface area contributed by atoms with E-state index >= 15 is 0 Å². The molecular weight excluding hydrogens is 212 g/mol. The fourth-order valence-corrected chi connectivity index (χ4v) is 1.42. The lowest BCUT2D eigenvalue weighted by molar-refractivity contribution is -0.671. The molecule has 0 saturated carbocycles. The summed E-state index contributed by atoms with van der Waals surface area (Å²) < 4.78 is 7.08. The first-order valence-corrected chi connectivity index (χ1v) is 5.41. The van der Waals surface area contributed by atoms with E-state index in [1.165, 1.54) is 0 Å². The van der Waals surface area contributed by atoms with E-state index in [0.29, 0.717) is 0 Å². The third kappa shape index (κ3) is 3.14. The zero-order chi connectivity index (χ0) is 12.1. The van der Waals surface area contributed by atoms with Gasteiger partial charge in [0.25, 0.3) is 0 Å². The first-order chi connectivity index (χ1) is 8.28. The predicted molar refractivity (Wildman–Crippen MR) is 67.9 cm³/mol. The highest BCUT2D eigenvalue weighted by atomic mass is 16.5. The lowest BCUT2D eigenvalue weighted by atomic mass is 10.3. The standard InChI is InChI=1S/C14H15N2O/c1-16-9-7-12(8-10-16)11-15-13-3-5-14(17-2)6-4-13/h3-11H,1-2H3/q+1. The van der Waals surface area contributed by atoms with Gasteiger partial charge in [-0.3, -0.25) is 4.99 Å². The summed E-state index contributed by atoms with van der Waals surface area (Å²) >= 11 is 0. The minimum absolute atomic E-state index is 0.843. The van der Waals surface area contributed by atoms with Gasteiger partial charge in [-0.05, 0) is 24.3 Å². The van der Waals surface area contributed by atoms with Gasteiger partial charge < -0.3 is 4.74 Å². The van der Waals surface area contributed by atoms with Crippen LogP contribution >= 0.6 is 0 Å². The Morgan fingerprint density at radius 2 is 1.71 bits per heavy atom. The molecule has 17 heavy (non-hydrogen) atoms. The molecule has 2 rings (SSSR count). The Balaban J connectivity index is 2.11. The normalized spacial score (nSPS) is 10.7. The van der Waals surface area contributed by atoms with Crippen molar-refractivity contribution in [1.29, 1.82) is 0 Å². The van der Waals surface area contributed by atoms with Crippen molar-refractivity contribution in [2.45, 2.75) is 0 Å². The van der Waals surface area contributed by atoms with Crippen LogP contribution in [0.4, 0.5) is 5.69 Å². The van der Waals surface area contributed by atoms with Gasteiger partial charge in [0.1, 0.15) is 12.8 Å². The number of hydrogen-bond acceptors (Lipinski definition) is 2. The van der Waals surface area contributed by atoms with Crippen LogP contribution in [0.15, 0.2) is 53.8 Å². The molecule has 0 atom stereocenters. The van der Waals surface area contributed by atoms with Crippen LogP contribution in [0, 0.1) is 0 Å². The average molecular weight is 227 g/mol. The fourth-order valence-electron chi connectivity index (χ4n) is 1.42. The van der Waals surface area contributed by atoms with Crippen LogP contribution in [0.3, 0.4) is 0 Å². The molecule has 1 heterocycles. The van der Waals surface area contributed by atoms with Crippen molar-refractivity contribution < 1.29 is 9.30 Å². The summed E-state index contributed by atoms with van der Waals surface area (Å²) in [6.45, 7) is 0. The molecule has 0 aliphatic heterocycles. The summed E-state index contributed by atoms with van der Waals surface area (Å²) in [4.78, 5) is 4.39. The van der Waals surface area contributed by atoms with Crippen LogP contribution in [0.25, 0.3) is 0 Å². The highest BCUT2D eigenvalue weighted by molar-refractivity contribution is 5.81. The summed E-state index contributed by atoms with van der Waals surface area (Å²) in [5.74, 6) is 0.843. The molecule has 3 heteroatoms. The maximum Gasteiger partial charge on any atom is 0.169 e. The summed E-state index contributed by atoms with van der Waals surface area (Å²) in [5.41, 5.74) is 2.00. The molecular formula is C14H15N2O+. The Kier molecular flexibility index (Phi) is 3.50. The maximum absolute atomic E-state index is 5.09. The Morgan fingerprint density at radius 3 is 2.29 bits per heavy atom. The van der Waals surface area contributed by atoms with Crippen molar-refractivity contribution in [2.24, 2.45) is 12.0 Å². The van der Waals surface area contributed by atoms with Crippen molar-refractivity contribution in [3.05, 3.63) is 54.4 Å². The van der Waals surface area contributed by atoms with Crippen molar-refractivity contribution in [1.82, 2.24) is 0 Å². The van der Waals surface area contributed by atoms with Crippen LogP contribution in [-0.2, 0) is 7.05 Å². The molecule has 3 nitrogen and oxygen atoms in total. The monoisotopic (exact) mass is 227 g/mol. The SMILES string of the molecule is COc1ccc(N=Cc2cc[n+](C)cc2)cc1. The van der Waals surface area contributed by atoms with Gasteiger partial charge in [-0.1, -0.05) is 0 Å². The first-order valence-electron chi connectivity index (χ1n) is 5.41. The number of rotatable bonds is 3. The lowest BCUT2D eigenvalue weighted by Crippen LogP contribution is -2.25. The molecule has 1 aromatic heterocycles. The summed E-state index contributed by atoms with van der Waals surface area (Å²) in [6, 6.07) is 11.7. The van der Waals surface area contributed by atoms with E-state index in [0.717, 1.165) is 17.0 Å². The van der Waals surface area contributed by atoms with E-state index in [2.05, 4.69) is 4.99 Å². The molecule has 0 bridgehead atoms. The van der Waals surface area contributed by atoms with E-state index in [1.54, 1.807) is 7.11 Å². The number of aryl methyl sites for hydroxylation is 1. The van der Waals surface area contributed by atoms with Gasteiger partial charge in [0, 0.05) is 23.9 Å². The molecule has 1 aromatic carbocycles. The molecule has 0 unspecified atom stereocenters. The molecule has 0 fully saturated rings. The first kappa shape index (κ1) is 11.3. The summed E-state index contributed by atoms with van der Waals surface area (Å²) in [5, 5.41) is 0. The summed E-state index contributed by atoms with van der Waals surface area (Å²) in [6.07, 6.45) is 5.84. The van der Waals surface area contributed by atoms with Gasteiger partial charge in [-0.2, -0.15) is 0 Å². The quantitative estimate of drug-likeness (QED) is 0.583. The van der Waals surface area contributed by atoms with E-state index in [1.807, 2.05) is 66.6 Å². The molecule has 0 aliphatic carbocycles. The minimum Gasteiger partial charge on any atom is -0.497 e. The van der Waals surface area contributed by atoms with Crippen LogP contribution in [0.5, 0.6) is 5.75 Å². The zero-order valence-electron chi connectivity index (χ0n) is 10.00. The average Bonchev–Trinajstić information content (AvgIpc) is 2.39. The number of hydrogen-bond donors (Lipinski definition) is 0. The number of pyridine rings is 1. The van der Waals surface area contributed by atoms with Crippen LogP contribution < -0.4 is 9.30 Å². The maximum atomic E-state index is 5.09. The van der Waals surface area contributed by atoms with Crippen LogP contribution in [-0.4, -0.2) is 13.3 Å². The third-order valence-corrected chi connectivity index (χ3v) is 2.44. The number of ether oxygens (including phenoxy) is 1. The van der Waals surface area contributed by atoms with E-state index in [9.17, 15) is 0 Å². The Bertz CT molecular complexity index is 501. The Morgan fingerprint density at radius 1 is 1.06 bits per heavy atom.